The minimum atomic E-state index is 0.589. The molecule has 0 spiro atoms. The molecular formula is C86H52N8. The Bertz CT molecular complexity index is 6270. The lowest BCUT2D eigenvalue weighted by molar-refractivity contribution is 0.995. The molecule has 19 aromatic rings. The topological polar surface area (TPSA) is 87.2 Å². The summed E-state index contributed by atoms with van der Waals surface area (Å²) in [5, 5.41) is 12.3. The van der Waals surface area contributed by atoms with Gasteiger partial charge in [0.05, 0.1) is 67.1 Å². The maximum atomic E-state index is 5.45. The van der Waals surface area contributed by atoms with Crippen LogP contribution in [-0.4, -0.2) is 39.0 Å². The first-order valence-electron chi connectivity index (χ1n) is 31.8. The maximum absolute atomic E-state index is 5.45. The quantitative estimate of drug-likeness (QED) is 0.134. The second kappa shape index (κ2) is 21.4. The molecule has 0 aliphatic heterocycles. The highest BCUT2D eigenvalue weighted by atomic mass is 15.2. The number of fused-ring (bicyclic) bond motifs is 13. The molecule has 0 radical (unpaired) electrons. The third kappa shape index (κ3) is 8.61. The SMILES string of the molecule is c1ccc(-c2cc(-c3ccc(-c4ccc(-c5nc(-c6ccc7nc(-c8ccc9c(c8)c8ccccc8n9-c8ccccc8)c8ccccc8c7c6)nc6ccccc56)cc4)cc3)nc(-n3c4ccccc4c4c(-c5nc6ccccc6c6ccccc56)cccc43)n2)cc1. The number of hydrogen-bond donors (Lipinski definition) is 0. The molecule has 0 saturated carbocycles. The van der Waals surface area contributed by atoms with Gasteiger partial charge in [-0.05, 0) is 101 Å². The van der Waals surface area contributed by atoms with E-state index in [1.807, 2.05) is 12.1 Å². The summed E-state index contributed by atoms with van der Waals surface area (Å²) in [6, 6.07) is 111. The van der Waals surface area contributed by atoms with Gasteiger partial charge in [0.15, 0.2) is 5.82 Å². The summed E-state index contributed by atoms with van der Waals surface area (Å²) in [6.07, 6.45) is 0. The molecule has 6 aromatic heterocycles. The summed E-state index contributed by atoms with van der Waals surface area (Å²) in [5.41, 5.74) is 20.9. The minimum absolute atomic E-state index is 0.589. The standard InChI is InChI=1S/C86H52N8/c1-3-20-55(21-4-1)75-52-76(91-86(90-75)94-78-36-18-14-31-68(78)81-69(32-19-37-80(81)94)84-66-29-10-7-24-61(66)63-26-11-15-33-72(63)88-84)56-42-38-53(39-43-56)54-40-44-57(45-41-54)82-67-30-12-16-34-73(67)89-85(92-82)59-46-48-74-70(51-59)62-25-8-9-28-65(62)83(87-74)58-47-49-79-71(50-58)64-27-13-17-35-77(64)93(79)60-22-5-2-6-23-60/h1-52H. The summed E-state index contributed by atoms with van der Waals surface area (Å²) >= 11 is 0. The highest BCUT2D eigenvalue weighted by Crippen LogP contribution is 2.44. The number of aromatic nitrogens is 8. The van der Waals surface area contributed by atoms with Crippen molar-refractivity contribution in [3.8, 4) is 90.4 Å². The van der Waals surface area contributed by atoms with Crippen molar-refractivity contribution >= 4 is 97.9 Å². The molecule has 0 N–H and O–H groups in total. The van der Waals surface area contributed by atoms with Crippen molar-refractivity contribution < 1.29 is 0 Å². The fourth-order valence-electron chi connectivity index (χ4n) is 14.3. The van der Waals surface area contributed by atoms with Crippen molar-refractivity contribution in [2.45, 2.75) is 0 Å². The average Bonchev–Trinajstić information content (AvgIpc) is 1.49. The second-order valence-corrected chi connectivity index (χ2v) is 24.1. The van der Waals surface area contributed by atoms with Crippen LogP contribution >= 0.6 is 0 Å². The Morgan fingerprint density at radius 1 is 0.213 bits per heavy atom. The van der Waals surface area contributed by atoms with E-state index in [1.165, 1.54) is 21.7 Å². The largest absolute Gasteiger partial charge is 0.309 e. The number of para-hydroxylation sites is 5. The minimum Gasteiger partial charge on any atom is -0.309 e. The molecule has 19 rings (SSSR count). The number of rotatable bonds is 9. The molecule has 0 aliphatic rings. The van der Waals surface area contributed by atoms with Gasteiger partial charge in [0.2, 0.25) is 5.95 Å². The number of benzene rings is 13. The fourth-order valence-corrected chi connectivity index (χ4v) is 14.3. The third-order valence-corrected chi connectivity index (χ3v) is 18.7. The lowest BCUT2D eigenvalue weighted by atomic mass is 9.97. The lowest BCUT2D eigenvalue weighted by Crippen LogP contribution is -2.04. The van der Waals surface area contributed by atoms with Crippen molar-refractivity contribution in [2.75, 3.05) is 0 Å². The van der Waals surface area contributed by atoms with Crippen LogP contribution in [0.1, 0.15) is 0 Å². The average molecular weight is 1200 g/mol. The first kappa shape index (κ1) is 53.1. The van der Waals surface area contributed by atoms with Crippen LogP contribution in [0.15, 0.2) is 315 Å². The molecule has 0 unspecified atom stereocenters. The molecule has 0 aliphatic carbocycles. The summed E-state index contributed by atoms with van der Waals surface area (Å²) in [6.45, 7) is 0. The predicted molar refractivity (Wildman–Crippen MR) is 387 cm³/mol. The second-order valence-electron chi connectivity index (χ2n) is 24.1. The van der Waals surface area contributed by atoms with E-state index in [-0.39, 0.29) is 0 Å². The molecule has 0 saturated heterocycles. The van der Waals surface area contributed by atoms with Crippen LogP contribution < -0.4 is 0 Å². The zero-order valence-corrected chi connectivity index (χ0v) is 50.6. The van der Waals surface area contributed by atoms with E-state index in [2.05, 4.69) is 312 Å². The normalized spacial score (nSPS) is 11.8. The first-order chi connectivity index (χ1) is 46.6. The van der Waals surface area contributed by atoms with Crippen molar-refractivity contribution in [1.82, 2.24) is 39.0 Å². The molecule has 436 valence electrons. The van der Waals surface area contributed by atoms with Crippen LogP contribution in [0.4, 0.5) is 0 Å². The number of pyridine rings is 2. The van der Waals surface area contributed by atoms with Crippen LogP contribution in [0.3, 0.4) is 0 Å². The Morgan fingerprint density at radius 2 is 0.681 bits per heavy atom. The molecule has 0 atom stereocenters. The van der Waals surface area contributed by atoms with Crippen LogP contribution in [-0.2, 0) is 0 Å². The maximum Gasteiger partial charge on any atom is 0.235 e. The molecule has 6 heterocycles. The van der Waals surface area contributed by atoms with Gasteiger partial charge in [-0.15, -0.1) is 0 Å². The number of hydrogen-bond acceptors (Lipinski definition) is 6. The van der Waals surface area contributed by atoms with E-state index in [4.69, 9.17) is 29.9 Å². The van der Waals surface area contributed by atoms with Gasteiger partial charge in [-0.3, -0.25) is 4.57 Å². The van der Waals surface area contributed by atoms with Crippen LogP contribution in [0, 0.1) is 0 Å². The van der Waals surface area contributed by atoms with E-state index in [1.54, 1.807) is 0 Å². The summed E-state index contributed by atoms with van der Waals surface area (Å²) in [7, 11) is 0. The summed E-state index contributed by atoms with van der Waals surface area (Å²) < 4.78 is 4.57. The first-order valence-corrected chi connectivity index (χ1v) is 31.8. The van der Waals surface area contributed by atoms with Gasteiger partial charge in [0.1, 0.15) is 0 Å². The molecule has 13 aromatic carbocycles. The Balaban J connectivity index is 0.663. The Labute approximate surface area is 539 Å². The van der Waals surface area contributed by atoms with Gasteiger partial charge < -0.3 is 4.57 Å². The fraction of sp³-hybridized carbons (Fsp3) is 0. The van der Waals surface area contributed by atoms with E-state index >= 15 is 0 Å². The summed E-state index contributed by atoms with van der Waals surface area (Å²) in [4.78, 5) is 32.3. The molecule has 0 bridgehead atoms. The van der Waals surface area contributed by atoms with Crippen LogP contribution in [0.2, 0.25) is 0 Å². The van der Waals surface area contributed by atoms with Crippen LogP contribution in [0.25, 0.3) is 188 Å². The Kier molecular flexibility index (Phi) is 12.1. The van der Waals surface area contributed by atoms with Crippen molar-refractivity contribution in [3.63, 3.8) is 0 Å². The third-order valence-electron chi connectivity index (χ3n) is 18.7. The molecule has 8 nitrogen and oxygen atoms in total. The van der Waals surface area contributed by atoms with Gasteiger partial charge in [-0.25, -0.2) is 29.9 Å². The van der Waals surface area contributed by atoms with Gasteiger partial charge in [-0.1, -0.05) is 237 Å². The highest BCUT2D eigenvalue weighted by Gasteiger charge is 2.23. The van der Waals surface area contributed by atoms with Crippen LogP contribution in [0.5, 0.6) is 0 Å². The monoisotopic (exact) mass is 1200 g/mol. The van der Waals surface area contributed by atoms with E-state index in [0.717, 1.165) is 155 Å². The zero-order chi connectivity index (χ0) is 61.8. The van der Waals surface area contributed by atoms with Gasteiger partial charge >= 0.3 is 0 Å². The van der Waals surface area contributed by atoms with Crippen molar-refractivity contribution in [3.05, 3.63) is 315 Å². The molecule has 0 fully saturated rings. The lowest BCUT2D eigenvalue weighted by Gasteiger charge is -2.13. The zero-order valence-electron chi connectivity index (χ0n) is 50.6. The molecule has 8 heteroatoms. The van der Waals surface area contributed by atoms with E-state index in [0.29, 0.717) is 11.8 Å². The Morgan fingerprint density at radius 3 is 1.40 bits per heavy atom. The summed E-state index contributed by atoms with van der Waals surface area (Å²) in [5.74, 6) is 1.24. The Hall–Kier alpha value is -12.8. The van der Waals surface area contributed by atoms with Gasteiger partial charge in [0, 0.05) is 87.5 Å². The number of nitrogens with zero attached hydrogens (tertiary/aromatic N) is 8. The van der Waals surface area contributed by atoms with Gasteiger partial charge in [-0.2, -0.15) is 0 Å². The highest BCUT2D eigenvalue weighted by molar-refractivity contribution is 6.20. The van der Waals surface area contributed by atoms with E-state index < -0.39 is 0 Å². The van der Waals surface area contributed by atoms with Gasteiger partial charge in [0.25, 0.3) is 0 Å². The smallest absolute Gasteiger partial charge is 0.235 e. The van der Waals surface area contributed by atoms with E-state index in [9.17, 15) is 0 Å². The molecule has 0 amide bonds. The molecular weight excluding hydrogens is 1150 g/mol. The molecule has 94 heavy (non-hydrogen) atoms. The predicted octanol–water partition coefficient (Wildman–Crippen LogP) is 21.7. The van der Waals surface area contributed by atoms with Crippen molar-refractivity contribution in [2.24, 2.45) is 0 Å². The van der Waals surface area contributed by atoms with Crippen molar-refractivity contribution in [1.29, 1.82) is 0 Å².